The SMILES string of the molecule is CC(OS(C)(=O)=O)C1=NCC(C=N)C(=NC2CCOCC2)N1. The van der Waals surface area contributed by atoms with E-state index in [1.807, 2.05) is 0 Å². The third kappa shape index (κ3) is 4.85. The minimum absolute atomic E-state index is 0.157. The summed E-state index contributed by atoms with van der Waals surface area (Å²) in [5.41, 5.74) is 0. The smallest absolute Gasteiger partial charge is 0.265 e. The van der Waals surface area contributed by atoms with Crippen LogP contribution in [0.15, 0.2) is 9.98 Å². The predicted molar refractivity (Wildman–Crippen MR) is 84.4 cm³/mol. The maximum atomic E-state index is 11.2. The minimum atomic E-state index is -3.56. The van der Waals surface area contributed by atoms with Gasteiger partial charge in [0.15, 0.2) is 0 Å². The van der Waals surface area contributed by atoms with Crippen molar-refractivity contribution in [2.24, 2.45) is 15.9 Å². The van der Waals surface area contributed by atoms with E-state index in [0.29, 0.717) is 31.4 Å². The largest absolute Gasteiger partial charge is 0.381 e. The summed E-state index contributed by atoms with van der Waals surface area (Å²) >= 11 is 0. The van der Waals surface area contributed by atoms with Crippen LogP contribution in [0.4, 0.5) is 0 Å². The van der Waals surface area contributed by atoms with Crippen molar-refractivity contribution in [3.8, 4) is 0 Å². The molecule has 2 heterocycles. The number of nitrogens with one attached hydrogen (secondary N) is 2. The van der Waals surface area contributed by atoms with Crippen molar-refractivity contribution >= 4 is 28.0 Å². The van der Waals surface area contributed by atoms with Crippen LogP contribution in [-0.4, -0.2) is 64.5 Å². The monoisotopic (exact) mass is 330 g/mol. The Morgan fingerprint density at radius 3 is 2.77 bits per heavy atom. The summed E-state index contributed by atoms with van der Waals surface area (Å²) in [7, 11) is -3.56. The maximum Gasteiger partial charge on any atom is 0.265 e. The van der Waals surface area contributed by atoms with Crippen LogP contribution >= 0.6 is 0 Å². The molecule has 22 heavy (non-hydrogen) atoms. The second-order valence-electron chi connectivity index (χ2n) is 5.42. The highest BCUT2D eigenvalue weighted by Gasteiger charge is 2.26. The Labute approximate surface area is 130 Å². The molecule has 2 atom stereocenters. The fraction of sp³-hybridized carbons (Fsp3) is 0.769. The van der Waals surface area contributed by atoms with E-state index in [1.54, 1.807) is 6.92 Å². The quantitative estimate of drug-likeness (QED) is 0.552. The molecule has 0 radical (unpaired) electrons. The third-order valence-electron chi connectivity index (χ3n) is 3.48. The summed E-state index contributed by atoms with van der Waals surface area (Å²) in [5.74, 6) is 0.863. The number of hydrogen-bond donors (Lipinski definition) is 2. The van der Waals surface area contributed by atoms with Gasteiger partial charge in [-0.3, -0.25) is 14.2 Å². The normalized spacial score (nSPS) is 27.1. The van der Waals surface area contributed by atoms with Crippen LogP contribution in [0, 0.1) is 11.3 Å². The van der Waals surface area contributed by atoms with E-state index in [0.717, 1.165) is 19.1 Å². The van der Waals surface area contributed by atoms with Crippen LogP contribution in [0.25, 0.3) is 0 Å². The van der Waals surface area contributed by atoms with E-state index in [9.17, 15) is 8.42 Å². The molecule has 0 aromatic rings. The molecule has 0 aliphatic carbocycles. The Bertz CT molecular complexity index is 567. The lowest BCUT2D eigenvalue weighted by molar-refractivity contribution is 0.0870. The van der Waals surface area contributed by atoms with Crippen molar-refractivity contribution in [2.45, 2.75) is 31.9 Å². The van der Waals surface area contributed by atoms with Gasteiger partial charge in [-0.25, -0.2) is 0 Å². The topological polar surface area (TPSA) is 113 Å². The number of rotatable bonds is 5. The van der Waals surface area contributed by atoms with Crippen molar-refractivity contribution in [3.63, 3.8) is 0 Å². The van der Waals surface area contributed by atoms with Gasteiger partial charge in [0.25, 0.3) is 10.1 Å². The van der Waals surface area contributed by atoms with Crippen molar-refractivity contribution in [2.75, 3.05) is 26.0 Å². The second-order valence-corrected chi connectivity index (χ2v) is 7.03. The first-order chi connectivity index (χ1) is 10.4. The standard InChI is InChI=1S/C13H22N4O4S/c1-9(21-22(2,18)19)12-15-8-10(7-14)13(17-12)16-11-3-5-20-6-4-11/h7,9-11,14H,3-6,8H2,1-2H3,(H,15,16,17). The lowest BCUT2D eigenvalue weighted by Gasteiger charge is -2.27. The number of amidine groups is 2. The Balaban J connectivity index is 2.11. The van der Waals surface area contributed by atoms with Crippen LogP contribution < -0.4 is 5.32 Å². The van der Waals surface area contributed by atoms with Crippen molar-refractivity contribution in [1.82, 2.24) is 5.32 Å². The lowest BCUT2D eigenvalue weighted by atomic mass is 10.1. The van der Waals surface area contributed by atoms with Gasteiger partial charge in [-0.05, 0) is 19.8 Å². The molecule has 1 saturated heterocycles. The molecule has 2 unspecified atom stereocenters. The molecule has 0 bridgehead atoms. The third-order valence-corrected chi connectivity index (χ3v) is 4.12. The summed E-state index contributed by atoms with van der Waals surface area (Å²) in [4.78, 5) is 8.93. The molecule has 0 saturated carbocycles. The van der Waals surface area contributed by atoms with Gasteiger partial charge in [-0.15, -0.1) is 0 Å². The molecular formula is C13H22N4O4S. The van der Waals surface area contributed by atoms with E-state index >= 15 is 0 Å². The highest BCUT2D eigenvalue weighted by molar-refractivity contribution is 7.86. The van der Waals surface area contributed by atoms with E-state index in [1.165, 1.54) is 6.21 Å². The van der Waals surface area contributed by atoms with Gasteiger partial charge in [0.2, 0.25) is 0 Å². The summed E-state index contributed by atoms with van der Waals surface area (Å²) in [6, 6.07) is 0.157. The molecule has 0 aromatic heterocycles. The molecular weight excluding hydrogens is 308 g/mol. The fourth-order valence-corrected chi connectivity index (χ4v) is 2.97. The molecule has 2 rings (SSSR count). The van der Waals surface area contributed by atoms with Crippen molar-refractivity contribution in [1.29, 1.82) is 5.41 Å². The second kappa shape index (κ2) is 7.30. The number of hydrogen-bond acceptors (Lipinski definition) is 7. The molecule has 124 valence electrons. The molecule has 2 aliphatic rings. The molecule has 2 N–H and O–H groups in total. The Morgan fingerprint density at radius 1 is 1.50 bits per heavy atom. The summed E-state index contributed by atoms with van der Waals surface area (Å²) in [6.45, 7) is 3.35. The fourth-order valence-electron chi connectivity index (χ4n) is 2.36. The average Bonchev–Trinajstić information content (AvgIpc) is 2.46. The van der Waals surface area contributed by atoms with E-state index in [-0.39, 0.29) is 12.0 Å². The molecule has 8 nitrogen and oxygen atoms in total. The van der Waals surface area contributed by atoms with Crippen LogP contribution in [0.1, 0.15) is 19.8 Å². The van der Waals surface area contributed by atoms with Gasteiger partial charge < -0.3 is 15.5 Å². The summed E-state index contributed by atoms with van der Waals surface area (Å²) in [6.07, 6.45) is 3.29. The zero-order chi connectivity index (χ0) is 16.2. The van der Waals surface area contributed by atoms with E-state index < -0.39 is 16.2 Å². The van der Waals surface area contributed by atoms with Gasteiger partial charge in [-0.1, -0.05) is 0 Å². The first-order valence-corrected chi connectivity index (χ1v) is 9.06. The predicted octanol–water partition coefficient (Wildman–Crippen LogP) is 0.196. The summed E-state index contributed by atoms with van der Waals surface area (Å²) in [5, 5.41) is 10.5. The van der Waals surface area contributed by atoms with Gasteiger partial charge >= 0.3 is 0 Å². The molecule has 0 amide bonds. The summed E-state index contributed by atoms with van der Waals surface area (Å²) < 4.78 is 32.7. The number of nitrogens with zero attached hydrogens (tertiary/aromatic N) is 2. The highest BCUT2D eigenvalue weighted by atomic mass is 32.2. The first kappa shape index (κ1) is 17.0. The first-order valence-electron chi connectivity index (χ1n) is 7.24. The minimum Gasteiger partial charge on any atom is -0.381 e. The number of aliphatic imine (C=N–C) groups is 2. The lowest BCUT2D eigenvalue weighted by Crippen LogP contribution is -2.48. The Morgan fingerprint density at radius 2 is 2.18 bits per heavy atom. The van der Waals surface area contributed by atoms with Gasteiger partial charge in [0.05, 0.1) is 24.8 Å². The highest BCUT2D eigenvalue weighted by Crippen LogP contribution is 2.14. The zero-order valence-corrected chi connectivity index (χ0v) is 13.6. The van der Waals surface area contributed by atoms with Crippen molar-refractivity contribution < 1.29 is 17.3 Å². The molecule has 2 aliphatic heterocycles. The molecule has 1 fully saturated rings. The van der Waals surface area contributed by atoms with Crippen LogP contribution in [0.3, 0.4) is 0 Å². The van der Waals surface area contributed by atoms with Crippen LogP contribution in [0.5, 0.6) is 0 Å². The maximum absolute atomic E-state index is 11.2. The molecule has 0 spiro atoms. The molecule has 0 aromatic carbocycles. The van der Waals surface area contributed by atoms with Crippen molar-refractivity contribution in [3.05, 3.63) is 0 Å². The van der Waals surface area contributed by atoms with Gasteiger partial charge in [0.1, 0.15) is 17.8 Å². The van der Waals surface area contributed by atoms with Crippen LogP contribution in [-0.2, 0) is 19.0 Å². The molecule has 9 heteroatoms. The van der Waals surface area contributed by atoms with Gasteiger partial charge in [0, 0.05) is 19.4 Å². The Hall–Kier alpha value is -1.32. The van der Waals surface area contributed by atoms with Crippen LogP contribution in [0.2, 0.25) is 0 Å². The number of ether oxygens (including phenoxy) is 1. The van der Waals surface area contributed by atoms with E-state index in [4.69, 9.17) is 14.3 Å². The zero-order valence-electron chi connectivity index (χ0n) is 12.8. The van der Waals surface area contributed by atoms with E-state index in [2.05, 4.69) is 15.3 Å². The Kier molecular flexibility index (Phi) is 5.65. The average molecular weight is 330 g/mol. The van der Waals surface area contributed by atoms with Gasteiger partial charge in [-0.2, -0.15) is 8.42 Å².